The normalized spacial score (nSPS) is 14.5. The molecule has 0 spiro atoms. The number of hydrogen-bond acceptors (Lipinski definition) is 4. The Bertz CT molecular complexity index is 513. The summed E-state index contributed by atoms with van der Waals surface area (Å²) in [4.78, 5) is 25.6. The van der Waals surface area contributed by atoms with Crippen LogP contribution in [-0.2, 0) is 16.0 Å². The number of hydrogen-bond donors (Lipinski definition) is 0. The third kappa shape index (κ3) is 3.10. The van der Waals surface area contributed by atoms with Gasteiger partial charge in [0.1, 0.15) is 12.3 Å². The Morgan fingerprint density at radius 3 is 2.90 bits per heavy atom. The summed E-state index contributed by atoms with van der Waals surface area (Å²) in [6.45, 7) is 2.66. The van der Waals surface area contributed by atoms with Crippen molar-refractivity contribution < 1.29 is 19.1 Å². The molecule has 0 saturated carbocycles. The summed E-state index contributed by atoms with van der Waals surface area (Å²) in [6, 6.07) is 5.42. The minimum absolute atomic E-state index is 0.0120. The molecule has 1 aromatic carbocycles. The van der Waals surface area contributed by atoms with Crippen LogP contribution in [-0.4, -0.2) is 43.6 Å². The Hall–Kier alpha value is -2.04. The molecule has 1 aliphatic heterocycles. The van der Waals surface area contributed by atoms with Crippen molar-refractivity contribution in [3.05, 3.63) is 29.3 Å². The van der Waals surface area contributed by atoms with Gasteiger partial charge in [0.2, 0.25) is 0 Å². The second-order valence-electron chi connectivity index (χ2n) is 4.66. The maximum Gasteiger partial charge on any atom is 0.325 e. The number of benzene rings is 1. The van der Waals surface area contributed by atoms with E-state index >= 15 is 0 Å². The molecule has 0 aromatic heterocycles. The van der Waals surface area contributed by atoms with Crippen LogP contribution in [0.2, 0.25) is 0 Å². The summed E-state index contributed by atoms with van der Waals surface area (Å²) >= 11 is 0. The smallest absolute Gasteiger partial charge is 0.325 e. The number of carbonyl (C=O) groups is 2. The molecule has 1 aromatic rings. The molecule has 0 fully saturated rings. The first-order valence-electron chi connectivity index (χ1n) is 6.77. The molecule has 5 heteroatoms. The van der Waals surface area contributed by atoms with E-state index in [2.05, 4.69) is 0 Å². The minimum atomic E-state index is -0.363. The van der Waals surface area contributed by atoms with Gasteiger partial charge >= 0.3 is 5.97 Å². The molecule has 0 N–H and O–H groups in total. The molecule has 108 valence electrons. The highest BCUT2D eigenvalue weighted by Gasteiger charge is 2.24. The fraction of sp³-hybridized carbons (Fsp3) is 0.467. The zero-order valence-corrected chi connectivity index (χ0v) is 11.8. The number of rotatable bonds is 4. The van der Waals surface area contributed by atoms with Crippen molar-refractivity contribution in [3.63, 3.8) is 0 Å². The van der Waals surface area contributed by atoms with E-state index in [4.69, 9.17) is 9.47 Å². The summed E-state index contributed by atoms with van der Waals surface area (Å²) in [7, 11) is 1.60. The third-order valence-corrected chi connectivity index (χ3v) is 3.33. The first-order chi connectivity index (χ1) is 9.65. The number of nitrogens with zero attached hydrogens (tertiary/aromatic N) is 1. The Morgan fingerprint density at radius 2 is 2.20 bits per heavy atom. The molecule has 0 bridgehead atoms. The van der Waals surface area contributed by atoms with Crippen LogP contribution in [0.4, 0.5) is 0 Å². The van der Waals surface area contributed by atoms with Crippen molar-refractivity contribution in [3.8, 4) is 5.75 Å². The predicted molar refractivity (Wildman–Crippen MR) is 73.9 cm³/mol. The fourth-order valence-electron chi connectivity index (χ4n) is 2.36. The van der Waals surface area contributed by atoms with Gasteiger partial charge in [0.15, 0.2) is 0 Å². The average Bonchev–Trinajstić information content (AvgIpc) is 2.59. The van der Waals surface area contributed by atoms with Crippen molar-refractivity contribution in [1.29, 1.82) is 0 Å². The van der Waals surface area contributed by atoms with Crippen LogP contribution in [0.15, 0.2) is 18.2 Å². The standard InChI is InChI=1S/C15H19NO4/c1-3-20-14(17)10-16-8-4-5-11-9-12(19-2)6-7-13(11)15(16)18/h6-7,9H,3-5,8,10H2,1-2H3. The molecule has 0 radical (unpaired) electrons. The van der Waals surface area contributed by atoms with Crippen LogP contribution in [0.5, 0.6) is 5.75 Å². The van der Waals surface area contributed by atoms with Crippen molar-refractivity contribution in [2.75, 3.05) is 26.8 Å². The lowest BCUT2D eigenvalue weighted by molar-refractivity contribution is -0.143. The van der Waals surface area contributed by atoms with Gasteiger partial charge in [-0.3, -0.25) is 9.59 Å². The highest BCUT2D eigenvalue weighted by atomic mass is 16.5. The van der Waals surface area contributed by atoms with Crippen molar-refractivity contribution in [1.82, 2.24) is 4.90 Å². The molecule has 20 heavy (non-hydrogen) atoms. The Labute approximate surface area is 118 Å². The van der Waals surface area contributed by atoms with Crippen LogP contribution in [0.1, 0.15) is 29.3 Å². The lowest BCUT2D eigenvalue weighted by Crippen LogP contribution is -2.36. The van der Waals surface area contributed by atoms with Gasteiger partial charge in [-0.15, -0.1) is 0 Å². The maximum absolute atomic E-state index is 12.5. The summed E-state index contributed by atoms with van der Waals surface area (Å²) in [5, 5.41) is 0. The minimum Gasteiger partial charge on any atom is -0.497 e. The van der Waals surface area contributed by atoms with Gasteiger partial charge in [0.25, 0.3) is 5.91 Å². The van der Waals surface area contributed by atoms with E-state index < -0.39 is 0 Å². The first kappa shape index (κ1) is 14.4. The summed E-state index contributed by atoms with van der Waals surface area (Å²) < 4.78 is 10.1. The molecule has 2 rings (SSSR count). The van der Waals surface area contributed by atoms with Gasteiger partial charge in [-0.25, -0.2) is 0 Å². The molecule has 1 amide bonds. The Balaban J connectivity index is 2.19. The van der Waals surface area contributed by atoms with Gasteiger partial charge < -0.3 is 14.4 Å². The molecule has 1 heterocycles. The zero-order valence-electron chi connectivity index (χ0n) is 11.8. The Kier molecular flexibility index (Phi) is 4.61. The monoisotopic (exact) mass is 277 g/mol. The van der Waals surface area contributed by atoms with E-state index in [-0.39, 0.29) is 18.4 Å². The molecule has 0 unspecified atom stereocenters. The number of amides is 1. The first-order valence-corrected chi connectivity index (χ1v) is 6.77. The number of carbonyl (C=O) groups excluding carboxylic acids is 2. The van der Waals surface area contributed by atoms with E-state index in [9.17, 15) is 9.59 Å². The van der Waals surface area contributed by atoms with Crippen LogP contribution in [0, 0.1) is 0 Å². The third-order valence-electron chi connectivity index (χ3n) is 3.33. The van der Waals surface area contributed by atoms with Gasteiger partial charge in [-0.2, -0.15) is 0 Å². The summed E-state index contributed by atoms with van der Waals surface area (Å²) in [5.41, 5.74) is 1.62. The van der Waals surface area contributed by atoms with Gasteiger partial charge in [0.05, 0.1) is 13.7 Å². The SMILES string of the molecule is CCOC(=O)CN1CCCc2cc(OC)ccc2C1=O. The number of aryl methyl sites for hydroxylation is 1. The second-order valence-corrected chi connectivity index (χ2v) is 4.66. The quantitative estimate of drug-likeness (QED) is 0.785. The van der Waals surface area contributed by atoms with E-state index in [0.717, 1.165) is 24.2 Å². The van der Waals surface area contributed by atoms with Crippen LogP contribution in [0.3, 0.4) is 0 Å². The molecular weight excluding hydrogens is 258 g/mol. The highest BCUT2D eigenvalue weighted by Crippen LogP contribution is 2.23. The van der Waals surface area contributed by atoms with Crippen LogP contribution < -0.4 is 4.74 Å². The van der Waals surface area contributed by atoms with Gasteiger partial charge in [-0.1, -0.05) is 0 Å². The average molecular weight is 277 g/mol. The zero-order chi connectivity index (χ0) is 14.5. The number of esters is 1. The molecule has 0 aliphatic carbocycles. The van der Waals surface area contributed by atoms with E-state index in [1.807, 2.05) is 6.07 Å². The van der Waals surface area contributed by atoms with Crippen molar-refractivity contribution >= 4 is 11.9 Å². The molecule has 1 aliphatic rings. The van der Waals surface area contributed by atoms with E-state index in [0.29, 0.717) is 18.7 Å². The molecule has 0 saturated heterocycles. The highest BCUT2D eigenvalue weighted by molar-refractivity contribution is 5.97. The van der Waals surface area contributed by atoms with Crippen LogP contribution >= 0.6 is 0 Å². The largest absolute Gasteiger partial charge is 0.497 e. The topological polar surface area (TPSA) is 55.8 Å². The van der Waals surface area contributed by atoms with Crippen molar-refractivity contribution in [2.45, 2.75) is 19.8 Å². The molecular formula is C15H19NO4. The summed E-state index contributed by atoms with van der Waals surface area (Å²) in [5.74, 6) is 0.265. The molecule has 0 atom stereocenters. The number of ether oxygens (including phenoxy) is 2. The summed E-state index contributed by atoms with van der Waals surface area (Å²) in [6.07, 6.45) is 1.63. The fourth-order valence-corrected chi connectivity index (χ4v) is 2.36. The maximum atomic E-state index is 12.5. The Morgan fingerprint density at radius 1 is 1.40 bits per heavy atom. The van der Waals surface area contributed by atoms with E-state index in [1.165, 1.54) is 0 Å². The van der Waals surface area contributed by atoms with Crippen molar-refractivity contribution in [2.24, 2.45) is 0 Å². The predicted octanol–water partition coefficient (Wildman–Crippen LogP) is 1.65. The number of methoxy groups -OCH3 is 1. The lowest BCUT2D eigenvalue weighted by Gasteiger charge is -2.19. The van der Waals surface area contributed by atoms with E-state index in [1.54, 1.807) is 31.1 Å². The lowest BCUT2D eigenvalue weighted by atomic mass is 10.0. The molecule has 5 nitrogen and oxygen atoms in total. The number of fused-ring (bicyclic) bond motifs is 1. The van der Waals surface area contributed by atoms with Gasteiger partial charge in [0, 0.05) is 12.1 Å². The van der Waals surface area contributed by atoms with Crippen LogP contribution in [0.25, 0.3) is 0 Å². The van der Waals surface area contributed by atoms with Gasteiger partial charge in [-0.05, 0) is 43.5 Å². The second kappa shape index (κ2) is 6.41.